The summed E-state index contributed by atoms with van der Waals surface area (Å²) in [5.41, 5.74) is 3.12. The SMILES string of the molecule is C=CCc1c(O)cccc1-c1ccccc1. The maximum Gasteiger partial charge on any atom is 0.119 e. The molecule has 80 valence electrons. The van der Waals surface area contributed by atoms with Crippen LogP contribution in [0.3, 0.4) is 0 Å². The van der Waals surface area contributed by atoms with Crippen LogP contribution in [0.25, 0.3) is 11.1 Å². The molecule has 0 unspecified atom stereocenters. The fourth-order valence-corrected chi connectivity index (χ4v) is 1.82. The first-order valence-corrected chi connectivity index (χ1v) is 5.30. The Morgan fingerprint density at radius 3 is 2.44 bits per heavy atom. The topological polar surface area (TPSA) is 20.2 Å². The van der Waals surface area contributed by atoms with E-state index in [2.05, 4.69) is 6.58 Å². The van der Waals surface area contributed by atoms with Gasteiger partial charge < -0.3 is 5.11 Å². The molecule has 0 saturated carbocycles. The van der Waals surface area contributed by atoms with Crippen molar-refractivity contribution < 1.29 is 5.11 Å². The van der Waals surface area contributed by atoms with Crippen molar-refractivity contribution in [1.82, 2.24) is 0 Å². The summed E-state index contributed by atoms with van der Waals surface area (Å²) in [4.78, 5) is 0. The minimum atomic E-state index is 0.334. The zero-order valence-electron chi connectivity index (χ0n) is 9.06. The first-order chi connectivity index (χ1) is 7.83. The molecule has 0 fully saturated rings. The monoisotopic (exact) mass is 210 g/mol. The molecule has 2 rings (SSSR count). The number of benzene rings is 2. The fraction of sp³-hybridized carbons (Fsp3) is 0.0667. The molecule has 0 aliphatic heterocycles. The predicted molar refractivity (Wildman–Crippen MR) is 67.4 cm³/mol. The summed E-state index contributed by atoms with van der Waals surface area (Å²) in [6.07, 6.45) is 2.48. The van der Waals surface area contributed by atoms with Crippen LogP contribution in [0.5, 0.6) is 5.75 Å². The summed E-state index contributed by atoms with van der Waals surface area (Å²) in [5.74, 6) is 0.334. The van der Waals surface area contributed by atoms with Gasteiger partial charge in [0.2, 0.25) is 0 Å². The van der Waals surface area contributed by atoms with Crippen LogP contribution in [0.4, 0.5) is 0 Å². The lowest BCUT2D eigenvalue weighted by molar-refractivity contribution is 0.470. The number of phenolic OH excluding ortho intramolecular Hbond substituents is 1. The number of rotatable bonds is 3. The van der Waals surface area contributed by atoms with Crippen LogP contribution >= 0.6 is 0 Å². The lowest BCUT2D eigenvalue weighted by Gasteiger charge is -2.09. The van der Waals surface area contributed by atoms with E-state index >= 15 is 0 Å². The van der Waals surface area contributed by atoms with E-state index < -0.39 is 0 Å². The number of hydrogen-bond acceptors (Lipinski definition) is 1. The third-order valence-electron chi connectivity index (χ3n) is 2.58. The largest absolute Gasteiger partial charge is 0.508 e. The Kier molecular flexibility index (Phi) is 3.06. The molecule has 0 radical (unpaired) electrons. The molecule has 1 N–H and O–H groups in total. The second kappa shape index (κ2) is 4.67. The first kappa shape index (κ1) is 10.5. The van der Waals surface area contributed by atoms with Crippen LogP contribution in [0.15, 0.2) is 61.2 Å². The lowest BCUT2D eigenvalue weighted by Crippen LogP contribution is -1.88. The molecule has 0 aliphatic carbocycles. The molecule has 2 aromatic rings. The van der Waals surface area contributed by atoms with E-state index in [1.807, 2.05) is 48.5 Å². The molecule has 1 heteroatoms. The van der Waals surface area contributed by atoms with Gasteiger partial charge in [-0.3, -0.25) is 0 Å². The van der Waals surface area contributed by atoms with Crippen molar-refractivity contribution in [2.75, 3.05) is 0 Å². The molecule has 2 aromatic carbocycles. The predicted octanol–water partition coefficient (Wildman–Crippen LogP) is 3.79. The van der Waals surface area contributed by atoms with Crippen molar-refractivity contribution in [3.8, 4) is 16.9 Å². The Hall–Kier alpha value is -2.02. The van der Waals surface area contributed by atoms with Gasteiger partial charge in [0.15, 0.2) is 0 Å². The highest BCUT2D eigenvalue weighted by Gasteiger charge is 2.07. The standard InChI is InChI=1S/C15H14O/c1-2-7-14-13(10-6-11-15(14)16)12-8-4-3-5-9-12/h2-6,8-11,16H,1,7H2. The van der Waals surface area contributed by atoms with Crippen LogP contribution < -0.4 is 0 Å². The van der Waals surface area contributed by atoms with E-state index in [-0.39, 0.29) is 0 Å². The highest BCUT2D eigenvalue weighted by atomic mass is 16.3. The van der Waals surface area contributed by atoms with Crippen molar-refractivity contribution >= 4 is 0 Å². The van der Waals surface area contributed by atoms with E-state index in [0.29, 0.717) is 12.2 Å². The lowest BCUT2D eigenvalue weighted by atomic mass is 9.97. The number of hydrogen-bond donors (Lipinski definition) is 1. The van der Waals surface area contributed by atoms with Gasteiger partial charge in [-0.15, -0.1) is 6.58 Å². The van der Waals surface area contributed by atoms with Gasteiger partial charge in [0.1, 0.15) is 5.75 Å². The highest BCUT2D eigenvalue weighted by Crippen LogP contribution is 2.30. The van der Waals surface area contributed by atoms with Gasteiger partial charge in [-0.2, -0.15) is 0 Å². The molecule has 16 heavy (non-hydrogen) atoms. The number of allylic oxidation sites excluding steroid dienone is 1. The second-order valence-corrected chi connectivity index (χ2v) is 3.66. The molecule has 0 heterocycles. The highest BCUT2D eigenvalue weighted by molar-refractivity contribution is 5.70. The van der Waals surface area contributed by atoms with Gasteiger partial charge in [-0.25, -0.2) is 0 Å². The molecule has 0 aliphatic rings. The van der Waals surface area contributed by atoms with E-state index in [9.17, 15) is 5.11 Å². The van der Waals surface area contributed by atoms with Gasteiger partial charge in [-0.05, 0) is 23.6 Å². The quantitative estimate of drug-likeness (QED) is 0.764. The number of phenols is 1. The summed E-state index contributed by atoms with van der Waals surface area (Å²) in [6.45, 7) is 3.72. The zero-order valence-corrected chi connectivity index (χ0v) is 9.06. The van der Waals surface area contributed by atoms with Crippen molar-refractivity contribution in [1.29, 1.82) is 0 Å². The van der Waals surface area contributed by atoms with Gasteiger partial charge >= 0.3 is 0 Å². The summed E-state index contributed by atoms with van der Waals surface area (Å²) in [7, 11) is 0. The van der Waals surface area contributed by atoms with Crippen molar-refractivity contribution in [3.63, 3.8) is 0 Å². The molecule has 0 bridgehead atoms. The van der Waals surface area contributed by atoms with E-state index in [1.54, 1.807) is 6.07 Å². The minimum Gasteiger partial charge on any atom is -0.508 e. The van der Waals surface area contributed by atoms with Gasteiger partial charge in [0, 0.05) is 5.56 Å². The van der Waals surface area contributed by atoms with Gasteiger partial charge in [0.05, 0.1) is 0 Å². The third-order valence-corrected chi connectivity index (χ3v) is 2.58. The zero-order chi connectivity index (χ0) is 11.4. The first-order valence-electron chi connectivity index (χ1n) is 5.30. The number of aromatic hydroxyl groups is 1. The fourth-order valence-electron chi connectivity index (χ4n) is 1.82. The molecule has 0 saturated heterocycles. The summed E-state index contributed by atoms with van der Waals surface area (Å²) >= 11 is 0. The van der Waals surface area contributed by atoms with E-state index in [1.165, 1.54) is 0 Å². The second-order valence-electron chi connectivity index (χ2n) is 3.66. The molecule has 0 atom stereocenters. The van der Waals surface area contributed by atoms with Crippen LogP contribution in [0.1, 0.15) is 5.56 Å². The molecule has 0 spiro atoms. The maximum absolute atomic E-state index is 9.84. The van der Waals surface area contributed by atoms with Crippen LogP contribution in [0, 0.1) is 0 Å². The average molecular weight is 210 g/mol. The van der Waals surface area contributed by atoms with Crippen molar-refractivity contribution in [2.45, 2.75) is 6.42 Å². The minimum absolute atomic E-state index is 0.334. The van der Waals surface area contributed by atoms with Crippen LogP contribution in [-0.2, 0) is 6.42 Å². The summed E-state index contributed by atoms with van der Waals surface area (Å²) in [5, 5.41) is 9.84. The van der Waals surface area contributed by atoms with Crippen molar-refractivity contribution in [2.24, 2.45) is 0 Å². The van der Waals surface area contributed by atoms with E-state index in [4.69, 9.17) is 0 Å². The maximum atomic E-state index is 9.84. The Labute approximate surface area is 95.7 Å². The Bertz CT molecular complexity index is 486. The Morgan fingerprint density at radius 2 is 1.75 bits per heavy atom. The Balaban J connectivity index is 2.56. The Morgan fingerprint density at radius 1 is 1.00 bits per heavy atom. The van der Waals surface area contributed by atoms with Crippen LogP contribution in [0.2, 0.25) is 0 Å². The summed E-state index contributed by atoms with van der Waals surface area (Å²) < 4.78 is 0. The third kappa shape index (κ3) is 1.98. The van der Waals surface area contributed by atoms with Gasteiger partial charge in [0.25, 0.3) is 0 Å². The molecule has 0 amide bonds. The van der Waals surface area contributed by atoms with Gasteiger partial charge in [-0.1, -0.05) is 48.5 Å². The molecule has 0 aromatic heterocycles. The van der Waals surface area contributed by atoms with Crippen molar-refractivity contribution in [3.05, 3.63) is 66.7 Å². The smallest absolute Gasteiger partial charge is 0.119 e. The molecular weight excluding hydrogens is 196 g/mol. The molecular formula is C15H14O. The summed E-state index contributed by atoms with van der Waals surface area (Å²) in [6, 6.07) is 15.7. The molecule has 1 nitrogen and oxygen atoms in total. The average Bonchev–Trinajstić information content (AvgIpc) is 2.33. The van der Waals surface area contributed by atoms with Crippen LogP contribution in [-0.4, -0.2) is 5.11 Å². The normalized spacial score (nSPS) is 10.0. The van der Waals surface area contributed by atoms with E-state index in [0.717, 1.165) is 16.7 Å².